The summed E-state index contributed by atoms with van der Waals surface area (Å²) in [6.45, 7) is 10.3. The molecule has 0 aliphatic carbocycles. The molecule has 4 nitrogen and oxygen atoms in total. The average molecular weight is 420 g/mol. The van der Waals surface area contributed by atoms with Crippen molar-refractivity contribution in [1.82, 2.24) is 9.99 Å². The van der Waals surface area contributed by atoms with E-state index >= 15 is 0 Å². The highest BCUT2D eigenvalue weighted by Gasteiger charge is 2.13. The Kier molecular flexibility index (Phi) is 7.16. The van der Waals surface area contributed by atoms with Crippen LogP contribution in [0.3, 0.4) is 0 Å². The van der Waals surface area contributed by atoms with Crippen molar-refractivity contribution in [3.8, 4) is 5.69 Å². The van der Waals surface area contributed by atoms with E-state index in [4.69, 9.17) is 0 Å². The maximum absolute atomic E-state index is 12.4. The van der Waals surface area contributed by atoms with Crippen LogP contribution in [0, 0.1) is 27.7 Å². The lowest BCUT2D eigenvalue weighted by atomic mass is 10.1. The monoisotopic (exact) mass is 419 g/mol. The first kappa shape index (κ1) is 21.9. The van der Waals surface area contributed by atoms with Crippen LogP contribution >= 0.6 is 11.8 Å². The van der Waals surface area contributed by atoms with Crippen LogP contribution in [0.5, 0.6) is 0 Å². The van der Waals surface area contributed by atoms with Gasteiger partial charge in [0.15, 0.2) is 0 Å². The number of nitrogens with one attached hydrogen (secondary N) is 1. The Morgan fingerprint density at radius 1 is 1.07 bits per heavy atom. The third-order valence-corrected chi connectivity index (χ3v) is 6.52. The van der Waals surface area contributed by atoms with Crippen molar-refractivity contribution in [3.63, 3.8) is 0 Å². The highest BCUT2D eigenvalue weighted by atomic mass is 32.2. The number of hydrazone groups is 1. The molecule has 0 fully saturated rings. The largest absolute Gasteiger partial charge is 0.318 e. The minimum absolute atomic E-state index is 0.0878. The first-order chi connectivity index (χ1) is 14.4. The highest BCUT2D eigenvalue weighted by Crippen LogP contribution is 2.22. The van der Waals surface area contributed by atoms with Gasteiger partial charge in [-0.2, -0.15) is 5.10 Å². The topological polar surface area (TPSA) is 46.4 Å². The number of hydrogen-bond donors (Lipinski definition) is 1. The molecule has 1 heterocycles. The second-order valence-electron chi connectivity index (χ2n) is 7.60. The van der Waals surface area contributed by atoms with Gasteiger partial charge in [0.25, 0.3) is 5.91 Å². The molecule has 1 aromatic heterocycles. The second-order valence-corrected chi connectivity index (χ2v) is 8.93. The van der Waals surface area contributed by atoms with Crippen molar-refractivity contribution < 1.29 is 4.79 Å². The van der Waals surface area contributed by atoms with Crippen molar-refractivity contribution in [2.45, 2.75) is 45.6 Å². The zero-order valence-electron chi connectivity index (χ0n) is 18.3. The first-order valence-corrected chi connectivity index (χ1v) is 11.2. The van der Waals surface area contributed by atoms with E-state index in [1.54, 1.807) is 18.0 Å². The van der Waals surface area contributed by atoms with Crippen molar-refractivity contribution in [2.24, 2.45) is 5.10 Å². The number of benzene rings is 2. The minimum Gasteiger partial charge on any atom is -0.318 e. The van der Waals surface area contributed by atoms with Crippen LogP contribution in [-0.2, 0) is 10.5 Å². The van der Waals surface area contributed by atoms with Gasteiger partial charge in [-0.1, -0.05) is 36.4 Å². The van der Waals surface area contributed by atoms with Crippen LogP contribution in [0.4, 0.5) is 0 Å². The third kappa shape index (κ3) is 5.22. The van der Waals surface area contributed by atoms with Crippen molar-refractivity contribution >= 4 is 23.9 Å². The minimum atomic E-state index is -0.176. The number of hydrogen-bond acceptors (Lipinski definition) is 3. The number of nitrogens with zero attached hydrogens (tertiary/aromatic N) is 2. The van der Waals surface area contributed by atoms with Gasteiger partial charge in [0.05, 0.1) is 11.5 Å². The van der Waals surface area contributed by atoms with Crippen LogP contribution in [0.15, 0.2) is 59.7 Å². The Bertz CT molecular complexity index is 1050. The average Bonchev–Trinajstić information content (AvgIpc) is 3.02. The zero-order chi connectivity index (χ0) is 21.7. The summed E-state index contributed by atoms with van der Waals surface area (Å²) in [5.41, 5.74) is 10.8. The Labute approximate surface area is 183 Å². The van der Waals surface area contributed by atoms with Crippen LogP contribution in [0.25, 0.3) is 5.69 Å². The summed E-state index contributed by atoms with van der Waals surface area (Å²) in [6, 6.07) is 18.7. The summed E-state index contributed by atoms with van der Waals surface area (Å²) < 4.78 is 2.22. The molecule has 30 heavy (non-hydrogen) atoms. The maximum Gasteiger partial charge on any atom is 0.252 e. The Morgan fingerprint density at radius 3 is 2.50 bits per heavy atom. The van der Waals surface area contributed by atoms with Gasteiger partial charge in [-0.3, -0.25) is 4.79 Å². The van der Waals surface area contributed by atoms with Gasteiger partial charge in [-0.15, -0.1) is 11.8 Å². The van der Waals surface area contributed by atoms with E-state index in [1.807, 2.05) is 25.1 Å². The summed E-state index contributed by atoms with van der Waals surface area (Å²) in [7, 11) is 0. The number of thioether (sulfide) groups is 1. The van der Waals surface area contributed by atoms with Gasteiger partial charge in [-0.25, -0.2) is 5.43 Å². The number of amides is 1. The lowest BCUT2D eigenvalue weighted by Gasteiger charge is -2.11. The third-order valence-electron chi connectivity index (χ3n) is 5.31. The predicted octanol–water partition coefficient (Wildman–Crippen LogP) is 5.48. The number of carbonyl (C=O) groups excluding carboxylic acids is 1. The molecule has 1 amide bonds. The van der Waals surface area contributed by atoms with Gasteiger partial charge >= 0.3 is 0 Å². The van der Waals surface area contributed by atoms with Crippen LogP contribution in [0.2, 0.25) is 0 Å². The van der Waals surface area contributed by atoms with Crippen molar-refractivity contribution in [1.29, 1.82) is 0 Å². The molecule has 0 spiro atoms. The van der Waals surface area contributed by atoms with E-state index in [-0.39, 0.29) is 11.2 Å². The van der Waals surface area contributed by atoms with Crippen LogP contribution in [0.1, 0.15) is 40.6 Å². The Balaban J connectivity index is 1.63. The standard InChI is InChI=1S/C25H29N3OS/c1-17-11-12-24(13-18(17)2)28-19(3)14-23(20(28)4)15-26-27-25(29)21(5)30-16-22-9-7-6-8-10-22/h6-15,21H,16H2,1-5H3,(H,27,29)/b26-15-/t21-/m0/s1. The smallest absolute Gasteiger partial charge is 0.252 e. The lowest BCUT2D eigenvalue weighted by molar-refractivity contribution is -0.120. The predicted molar refractivity (Wildman–Crippen MR) is 128 cm³/mol. The molecular formula is C25H29N3OS. The molecule has 1 atom stereocenters. The van der Waals surface area contributed by atoms with E-state index < -0.39 is 0 Å². The van der Waals surface area contributed by atoms with Gasteiger partial charge < -0.3 is 4.57 Å². The van der Waals surface area contributed by atoms with Gasteiger partial charge in [0.2, 0.25) is 0 Å². The fourth-order valence-electron chi connectivity index (χ4n) is 3.31. The molecule has 0 radical (unpaired) electrons. The molecule has 3 rings (SSSR count). The molecule has 1 N–H and O–H groups in total. The SMILES string of the molecule is Cc1ccc(-n2c(C)cc(/C=N\NC(=O)[C@H](C)SCc3ccccc3)c2C)cc1C. The normalized spacial score (nSPS) is 12.3. The Hall–Kier alpha value is -2.79. The first-order valence-electron chi connectivity index (χ1n) is 10.1. The summed E-state index contributed by atoms with van der Waals surface area (Å²) in [4.78, 5) is 12.4. The molecule has 0 aliphatic heterocycles. The molecule has 2 aromatic carbocycles. The lowest BCUT2D eigenvalue weighted by Crippen LogP contribution is -2.27. The molecule has 5 heteroatoms. The molecule has 156 valence electrons. The zero-order valence-corrected chi connectivity index (χ0v) is 19.1. The summed E-state index contributed by atoms with van der Waals surface area (Å²) in [5, 5.41) is 4.03. The molecule has 0 saturated carbocycles. The number of aromatic nitrogens is 1. The van der Waals surface area contributed by atoms with E-state index in [9.17, 15) is 4.79 Å². The van der Waals surface area contributed by atoms with Crippen LogP contribution in [-0.4, -0.2) is 21.9 Å². The van der Waals surface area contributed by atoms with Gasteiger partial charge in [0, 0.05) is 28.4 Å². The number of aryl methyl sites for hydroxylation is 3. The molecule has 0 bridgehead atoms. The highest BCUT2D eigenvalue weighted by molar-refractivity contribution is 7.99. The summed E-state index contributed by atoms with van der Waals surface area (Å²) in [5.74, 6) is 0.714. The fraction of sp³-hybridized carbons (Fsp3) is 0.280. The Morgan fingerprint density at radius 2 is 1.80 bits per heavy atom. The van der Waals surface area contributed by atoms with Crippen LogP contribution < -0.4 is 5.43 Å². The fourth-order valence-corrected chi connectivity index (χ4v) is 4.15. The van der Waals surface area contributed by atoms with Gasteiger partial charge in [-0.05, 0) is 69.5 Å². The van der Waals surface area contributed by atoms with E-state index in [0.717, 1.165) is 28.4 Å². The van der Waals surface area contributed by atoms with E-state index in [1.165, 1.54) is 16.7 Å². The number of rotatable bonds is 7. The van der Waals surface area contributed by atoms with Crippen molar-refractivity contribution in [3.05, 3.63) is 88.2 Å². The maximum atomic E-state index is 12.4. The number of carbonyl (C=O) groups is 1. The molecule has 0 unspecified atom stereocenters. The quantitative estimate of drug-likeness (QED) is 0.407. The van der Waals surface area contributed by atoms with Crippen molar-refractivity contribution in [2.75, 3.05) is 0 Å². The summed E-state index contributed by atoms with van der Waals surface area (Å²) >= 11 is 1.60. The second kappa shape index (κ2) is 9.81. The molecule has 0 saturated heterocycles. The molecular weight excluding hydrogens is 390 g/mol. The van der Waals surface area contributed by atoms with E-state index in [0.29, 0.717) is 0 Å². The summed E-state index contributed by atoms with van der Waals surface area (Å²) in [6.07, 6.45) is 1.73. The van der Waals surface area contributed by atoms with E-state index in [2.05, 4.69) is 79.2 Å². The van der Waals surface area contributed by atoms with Gasteiger partial charge in [0.1, 0.15) is 0 Å². The molecule has 3 aromatic rings. The molecule has 0 aliphatic rings.